The van der Waals surface area contributed by atoms with Crippen LogP contribution in [0.5, 0.6) is 5.75 Å². The number of carbonyl (C=O) groups excluding carboxylic acids is 2. The van der Waals surface area contributed by atoms with E-state index in [0.29, 0.717) is 44.2 Å². The largest absolute Gasteiger partial charge is 0.482 e. The van der Waals surface area contributed by atoms with Crippen LogP contribution < -0.4 is 4.74 Å². The molecule has 0 atom stereocenters. The Labute approximate surface area is 123 Å². The van der Waals surface area contributed by atoms with Crippen LogP contribution in [0.2, 0.25) is 0 Å². The van der Waals surface area contributed by atoms with Crippen LogP contribution in [0, 0.1) is 0 Å². The second-order valence-electron chi connectivity index (χ2n) is 4.53. The molecule has 0 aromatic heterocycles. The summed E-state index contributed by atoms with van der Waals surface area (Å²) in [5.74, 6) is -0.00976. The van der Waals surface area contributed by atoms with Crippen molar-refractivity contribution in [2.45, 2.75) is 6.92 Å². The Kier molecular flexibility index (Phi) is 5.57. The monoisotopic (exact) mass is 293 g/mol. The van der Waals surface area contributed by atoms with Crippen LogP contribution in [0.4, 0.5) is 0 Å². The normalized spacial score (nSPS) is 14.6. The van der Waals surface area contributed by atoms with E-state index in [1.807, 2.05) is 0 Å². The third-order valence-electron chi connectivity index (χ3n) is 3.04. The molecule has 1 saturated heterocycles. The summed E-state index contributed by atoms with van der Waals surface area (Å²) in [5, 5.41) is 0. The van der Waals surface area contributed by atoms with E-state index in [1.54, 1.807) is 36.1 Å². The van der Waals surface area contributed by atoms with Crippen molar-refractivity contribution in [2.75, 3.05) is 39.5 Å². The number of hydrogen-bond donors (Lipinski definition) is 0. The molecule has 1 aromatic rings. The van der Waals surface area contributed by atoms with Gasteiger partial charge in [-0.2, -0.15) is 0 Å². The van der Waals surface area contributed by atoms with Crippen LogP contribution in [0.3, 0.4) is 0 Å². The molecule has 0 radical (unpaired) electrons. The predicted octanol–water partition coefficient (Wildman–Crippen LogP) is 1.10. The molecule has 0 aliphatic carbocycles. The van der Waals surface area contributed by atoms with Crippen LogP contribution in [0.15, 0.2) is 24.3 Å². The van der Waals surface area contributed by atoms with Crippen molar-refractivity contribution in [3.63, 3.8) is 0 Å². The molecular weight excluding hydrogens is 274 g/mol. The minimum absolute atomic E-state index is 0.0557. The lowest BCUT2D eigenvalue weighted by atomic mass is 10.2. The van der Waals surface area contributed by atoms with E-state index in [0.717, 1.165) is 0 Å². The van der Waals surface area contributed by atoms with E-state index in [1.165, 1.54) is 0 Å². The van der Waals surface area contributed by atoms with Gasteiger partial charge in [0.2, 0.25) is 0 Å². The predicted molar refractivity (Wildman–Crippen MR) is 75.3 cm³/mol. The molecule has 6 heteroatoms. The first kappa shape index (κ1) is 15.3. The fourth-order valence-electron chi connectivity index (χ4n) is 2.01. The molecule has 0 bridgehead atoms. The molecule has 21 heavy (non-hydrogen) atoms. The molecule has 2 rings (SSSR count). The van der Waals surface area contributed by atoms with E-state index >= 15 is 0 Å². The Balaban J connectivity index is 1.96. The molecule has 1 aliphatic rings. The minimum atomic E-state index is -0.428. The number of morpholine rings is 1. The van der Waals surface area contributed by atoms with Gasteiger partial charge in [0, 0.05) is 18.7 Å². The Hall–Kier alpha value is -2.08. The zero-order valence-corrected chi connectivity index (χ0v) is 12.0. The van der Waals surface area contributed by atoms with Gasteiger partial charge in [-0.25, -0.2) is 4.79 Å². The number of nitrogens with zero attached hydrogens (tertiary/aromatic N) is 1. The molecule has 1 amide bonds. The first-order valence-electron chi connectivity index (χ1n) is 6.96. The molecule has 1 fully saturated rings. The van der Waals surface area contributed by atoms with Gasteiger partial charge in [0.25, 0.3) is 5.91 Å². The van der Waals surface area contributed by atoms with Crippen molar-refractivity contribution in [2.24, 2.45) is 0 Å². The van der Waals surface area contributed by atoms with E-state index in [4.69, 9.17) is 14.2 Å². The first-order chi connectivity index (χ1) is 10.2. The number of rotatable bonds is 5. The molecule has 0 N–H and O–H groups in total. The third kappa shape index (κ3) is 4.46. The van der Waals surface area contributed by atoms with E-state index in [2.05, 4.69) is 0 Å². The lowest BCUT2D eigenvalue weighted by Gasteiger charge is -2.26. The van der Waals surface area contributed by atoms with Gasteiger partial charge in [-0.3, -0.25) is 4.79 Å². The molecule has 114 valence electrons. The fourth-order valence-corrected chi connectivity index (χ4v) is 2.01. The Morgan fingerprint density at radius 1 is 1.29 bits per heavy atom. The molecule has 6 nitrogen and oxygen atoms in total. The van der Waals surface area contributed by atoms with Crippen LogP contribution >= 0.6 is 0 Å². The second kappa shape index (κ2) is 7.64. The summed E-state index contributed by atoms with van der Waals surface area (Å²) in [7, 11) is 0. The number of carbonyl (C=O) groups is 2. The van der Waals surface area contributed by atoms with Crippen LogP contribution in [-0.4, -0.2) is 56.3 Å². The van der Waals surface area contributed by atoms with Crippen molar-refractivity contribution in [3.05, 3.63) is 29.8 Å². The highest BCUT2D eigenvalue weighted by Crippen LogP contribution is 2.15. The van der Waals surface area contributed by atoms with Crippen LogP contribution in [-0.2, 0) is 14.3 Å². The number of ether oxygens (including phenoxy) is 3. The highest BCUT2D eigenvalue weighted by Gasteiger charge is 2.18. The third-order valence-corrected chi connectivity index (χ3v) is 3.04. The second-order valence-corrected chi connectivity index (χ2v) is 4.53. The summed E-state index contributed by atoms with van der Waals surface area (Å²) in [4.78, 5) is 25.3. The van der Waals surface area contributed by atoms with Crippen LogP contribution in [0.25, 0.3) is 0 Å². The summed E-state index contributed by atoms with van der Waals surface area (Å²) in [6.07, 6.45) is 0. The summed E-state index contributed by atoms with van der Waals surface area (Å²) < 4.78 is 15.3. The Bertz CT molecular complexity index is 497. The average molecular weight is 293 g/mol. The number of amides is 1. The quantitative estimate of drug-likeness (QED) is 0.761. The molecule has 1 aromatic carbocycles. The Morgan fingerprint density at radius 2 is 2.05 bits per heavy atom. The maximum Gasteiger partial charge on any atom is 0.344 e. The van der Waals surface area contributed by atoms with Gasteiger partial charge in [0.15, 0.2) is 6.61 Å². The van der Waals surface area contributed by atoms with Crippen molar-refractivity contribution < 1.29 is 23.8 Å². The number of hydrogen-bond acceptors (Lipinski definition) is 5. The molecule has 1 aliphatic heterocycles. The lowest BCUT2D eigenvalue weighted by Crippen LogP contribution is -2.40. The van der Waals surface area contributed by atoms with Gasteiger partial charge in [-0.05, 0) is 25.1 Å². The van der Waals surface area contributed by atoms with E-state index in [9.17, 15) is 9.59 Å². The maximum absolute atomic E-state index is 12.3. The van der Waals surface area contributed by atoms with Crippen molar-refractivity contribution >= 4 is 11.9 Å². The summed E-state index contributed by atoms with van der Waals surface area (Å²) in [5.41, 5.74) is 0.540. The first-order valence-corrected chi connectivity index (χ1v) is 6.96. The van der Waals surface area contributed by atoms with Gasteiger partial charge in [-0.15, -0.1) is 0 Å². The average Bonchev–Trinajstić information content (AvgIpc) is 2.54. The van der Waals surface area contributed by atoms with Gasteiger partial charge >= 0.3 is 5.97 Å². The zero-order chi connectivity index (χ0) is 15.1. The van der Waals surface area contributed by atoms with Crippen molar-refractivity contribution in [1.82, 2.24) is 4.90 Å². The van der Waals surface area contributed by atoms with Gasteiger partial charge in [-0.1, -0.05) is 6.07 Å². The van der Waals surface area contributed by atoms with Crippen LogP contribution in [0.1, 0.15) is 17.3 Å². The number of benzene rings is 1. The minimum Gasteiger partial charge on any atom is -0.482 e. The number of esters is 1. The molecule has 0 spiro atoms. The van der Waals surface area contributed by atoms with Gasteiger partial charge < -0.3 is 19.1 Å². The SMILES string of the molecule is CCOC(=O)COc1cccc(C(=O)N2CCOCC2)c1. The van der Waals surface area contributed by atoms with Crippen molar-refractivity contribution in [1.29, 1.82) is 0 Å². The topological polar surface area (TPSA) is 65.1 Å². The fraction of sp³-hybridized carbons (Fsp3) is 0.467. The standard InChI is InChI=1S/C15H19NO5/c1-2-20-14(17)11-21-13-5-3-4-12(10-13)15(18)16-6-8-19-9-7-16/h3-5,10H,2,6-9,11H2,1H3. The molecule has 0 saturated carbocycles. The highest BCUT2D eigenvalue weighted by molar-refractivity contribution is 5.94. The van der Waals surface area contributed by atoms with E-state index < -0.39 is 5.97 Å². The summed E-state index contributed by atoms with van der Waals surface area (Å²) in [6.45, 7) is 4.19. The zero-order valence-electron chi connectivity index (χ0n) is 12.0. The van der Waals surface area contributed by atoms with Gasteiger partial charge in [0.1, 0.15) is 5.75 Å². The lowest BCUT2D eigenvalue weighted by molar-refractivity contribution is -0.145. The highest BCUT2D eigenvalue weighted by atomic mass is 16.6. The maximum atomic E-state index is 12.3. The smallest absolute Gasteiger partial charge is 0.344 e. The van der Waals surface area contributed by atoms with Crippen molar-refractivity contribution in [3.8, 4) is 5.75 Å². The summed E-state index contributed by atoms with van der Waals surface area (Å²) >= 11 is 0. The molecule has 0 unspecified atom stereocenters. The molecular formula is C15H19NO5. The van der Waals surface area contributed by atoms with Gasteiger partial charge in [0.05, 0.1) is 19.8 Å². The van der Waals surface area contributed by atoms with E-state index in [-0.39, 0.29) is 12.5 Å². The Morgan fingerprint density at radius 3 is 2.76 bits per heavy atom. The molecule has 1 heterocycles. The summed E-state index contributed by atoms with van der Waals surface area (Å²) in [6, 6.07) is 6.80.